The van der Waals surface area contributed by atoms with Crippen LogP contribution in [0.1, 0.15) is 32.3 Å². The first-order chi connectivity index (χ1) is 8.35. The Bertz CT molecular complexity index is 433. The largest absolute Gasteiger partial charge is 0.376 e. The van der Waals surface area contributed by atoms with Crippen molar-refractivity contribution in [2.45, 2.75) is 39.2 Å². The molecule has 1 fully saturated rings. The van der Waals surface area contributed by atoms with Gasteiger partial charge in [-0.3, -0.25) is 0 Å². The molecule has 0 aromatic heterocycles. The topological polar surface area (TPSA) is 18.5 Å². The molecule has 1 heterocycles. The third-order valence-electron chi connectivity index (χ3n) is 3.28. The molecule has 2 nitrogen and oxygen atoms in total. The van der Waals surface area contributed by atoms with E-state index in [1.807, 2.05) is 0 Å². The van der Waals surface area contributed by atoms with Gasteiger partial charge in [0, 0.05) is 0 Å². The molecule has 0 saturated carbocycles. The Labute approximate surface area is 103 Å². The molecule has 17 heavy (non-hydrogen) atoms. The van der Waals surface area contributed by atoms with Crippen LogP contribution in [0.2, 0.25) is 0 Å². The summed E-state index contributed by atoms with van der Waals surface area (Å²) in [6.07, 6.45) is 3.98. The number of rotatable bonds is 3. The minimum atomic E-state index is 0.365. The van der Waals surface area contributed by atoms with Gasteiger partial charge in [-0.25, -0.2) is 0 Å². The maximum Gasteiger partial charge on any atom is 0.0807 e. The fourth-order valence-electron chi connectivity index (χ4n) is 2.12. The van der Waals surface area contributed by atoms with E-state index in [1.54, 1.807) is 5.56 Å². The zero-order valence-electron chi connectivity index (χ0n) is 10.9. The van der Waals surface area contributed by atoms with Crippen molar-refractivity contribution in [3.05, 3.63) is 34.2 Å². The molecule has 0 bridgehead atoms. The second-order valence-corrected chi connectivity index (χ2v) is 4.60. The fourth-order valence-corrected chi connectivity index (χ4v) is 2.12. The van der Waals surface area contributed by atoms with Gasteiger partial charge >= 0.3 is 0 Å². The number of hydrogen-bond donors (Lipinski definition) is 0. The van der Waals surface area contributed by atoms with E-state index in [2.05, 4.69) is 32.0 Å². The van der Waals surface area contributed by atoms with Crippen LogP contribution in [-0.2, 0) is 15.9 Å². The van der Waals surface area contributed by atoms with Crippen molar-refractivity contribution < 1.29 is 9.47 Å². The van der Waals surface area contributed by atoms with Gasteiger partial charge in [-0.2, -0.15) is 0 Å². The van der Waals surface area contributed by atoms with E-state index in [9.17, 15) is 0 Å². The highest BCUT2D eigenvalue weighted by atomic mass is 16.6. The molecular weight excluding hydrogens is 212 g/mol. The maximum atomic E-state index is 5.30. The van der Waals surface area contributed by atoms with Gasteiger partial charge in [0.1, 0.15) is 0 Å². The van der Waals surface area contributed by atoms with Crippen molar-refractivity contribution in [2.75, 3.05) is 19.8 Å². The molecule has 2 heteroatoms. The quantitative estimate of drug-likeness (QED) is 0.812. The molecule has 3 aliphatic rings. The van der Waals surface area contributed by atoms with E-state index in [4.69, 9.17) is 9.47 Å². The summed E-state index contributed by atoms with van der Waals surface area (Å²) in [6.45, 7) is 6.67. The van der Waals surface area contributed by atoms with Crippen LogP contribution >= 0.6 is 0 Å². The minimum Gasteiger partial charge on any atom is -0.376 e. The van der Waals surface area contributed by atoms with Gasteiger partial charge in [-0.05, 0) is 28.8 Å². The highest BCUT2D eigenvalue weighted by Gasteiger charge is 2.10. The molecule has 0 spiro atoms. The van der Waals surface area contributed by atoms with Crippen molar-refractivity contribution in [3.63, 3.8) is 0 Å². The lowest BCUT2D eigenvalue weighted by atomic mass is 9.96. The second kappa shape index (κ2) is 6.18. The Hall–Kier alpha value is -0.860. The van der Waals surface area contributed by atoms with Crippen molar-refractivity contribution in [1.29, 1.82) is 0 Å². The monoisotopic (exact) mass is 234 g/mol. The lowest BCUT2D eigenvalue weighted by Crippen LogP contribution is -2.27. The smallest absolute Gasteiger partial charge is 0.0807 e. The lowest BCUT2D eigenvalue weighted by molar-refractivity contribution is -0.0887. The average molecular weight is 234 g/mol. The van der Waals surface area contributed by atoms with E-state index in [0.29, 0.717) is 6.10 Å². The zero-order valence-corrected chi connectivity index (χ0v) is 10.9. The summed E-state index contributed by atoms with van der Waals surface area (Å²) in [5.41, 5.74) is 1.56. The molecule has 1 aliphatic heterocycles. The van der Waals surface area contributed by atoms with Gasteiger partial charge in [0.15, 0.2) is 0 Å². The summed E-state index contributed by atoms with van der Waals surface area (Å²) in [6, 6.07) is 6.67. The first-order valence-electron chi connectivity index (χ1n) is 6.67. The Morgan fingerprint density at radius 1 is 1.24 bits per heavy atom. The molecular formula is C15H22O2. The Balaban J connectivity index is 0.000000128. The summed E-state index contributed by atoms with van der Waals surface area (Å²) < 4.78 is 10.5. The van der Waals surface area contributed by atoms with Crippen molar-refractivity contribution in [2.24, 2.45) is 0 Å². The molecule has 0 N–H and O–H groups in total. The van der Waals surface area contributed by atoms with Crippen molar-refractivity contribution in [1.82, 2.24) is 0 Å². The highest BCUT2D eigenvalue weighted by Crippen LogP contribution is 2.16. The number of aryl methyl sites for hydroxylation is 1. The molecule has 1 atom stereocenters. The van der Waals surface area contributed by atoms with E-state index >= 15 is 0 Å². The first kappa shape index (κ1) is 12.6. The molecule has 0 amide bonds. The van der Waals surface area contributed by atoms with Crippen LogP contribution in [0, 0.1) is 10.4 Å². The second-order valence-electron chi connectivity index (χ2n) is 4.60. The first-order valence-corrected chi connectivity index (χ1v) is 6.67. The third-order valence-corrected chi connectivity index (χ3v) is 3.28. The van der Waals surface area contributed by atoms with E-state index < -0.39 is 0 Å². The number of benzene rings is 1. The van der Waals surface area contributed by atoms with E-state index in [1.165, 1.54) is 23.3 Å². The predicted molar refractivity (Wildman–Crippen MR) is 69.0 cm³/mol. The molecule has 1 saturated heterocycles. The Kier molecular flexibility index (Phi) is 4.57. The molecule has 0 aromatic rings. The average Bonchev–Trinajstić information content (AvgIpc) is 2.37. The van der Waals surface area contributed by atoms with Crippen LogP contribution in [0.15, 0.2) is 18.2 Å². The molecule has 0 aromatic carbocycles. The molecule has 3 rings (SSSR count). The molecule has 1 unspecified atom stereocenters. The summed E-state index contributed by atoms with van der Waals surface area (Å²) in [5, 5.41) is 3.00. The van der Waals surface area contributed by atoms with Gasteiger partial charge in [-0.15, -0.1) is 0 Å². The molecule has 94 valence electrons. The van der Waals surface area contributed by atoms with Gasteiger partial charge in [-0.1, -0.05) is 38.5 Å². The predicted octanol–water partition coefficient (Wildman–Crippen LogP) is 3.05. The highest BCUT2D eigenvalue weighted by molar-refractivity contribution is 5.33. The van der Waals surface area contributed by atoms with Crippen LogP contribution in [0.3, 0.4) is 0 Å². The van der Waals surface area contributed by atoms with Crippen LogP contribution in [-0.4, -0.2) is 25.9 Å². The fraction of sp³-hybridized carbons (Fsp3) is 0.600. The molecule has 2 aliphatic carbocycles. The molecule has 0 radical (unpaired) electrons. The Morgan fingerprint density at radius 2 is 2.12 bits per heavy atom. The minimum absolute atomic E-state index is 0.365. The van der Waals surface area contributed by atoms with Gasteiger partial charge in [0.05, 0.1) is 25.9 Å². The Morgan fingerprint density at radius 3 is 2.47 bits per heavy atom. The van der Waals surface area contributed by atoms with Crippen LogP contribution in [0.5, 0.6) is 0 Å². The number of hydrogen-bond acceptors (Lipinski definition) is 2. The normalized spacial score (nSPS) is 20.5. The van der Waals surface area contributed by atoms with Crippen LogP contribution in [0.4, 0.5) is 0 Å². The van der Waals surface area contributed by atoms with Crippen molar-refractivity contribution in [3.8, 4) is 0 Å². The van der Waals surface area contributed by atoms with Gasteiger partial charge in [0.2, 0.25) is 0 Å². The van der Waals surface area contributed by atoms with E-state index in [0.717, 1.165) is 26.2 Å². The van der Waals surface area contributed by atoms with Crippen LogP contribution in [0.25, 0.3) is 0 Å². The summed E-state index contributed by atoms with van der Waals surface area (Å²) >= 11 is 0. The van der Waals surface area contributed by atoms with E-state index in [-0.39, 0.29) is 0 Å². The summed E-state index contributed by atoms with van der Waals surface area (Å²) in [5.74, 6) is 0. The van der Waals surface area contributed by atoms with Gasteiger partial charge in [0.25, 0.3) is 0 Å². The third kappa shape index (κ3) is 3.08. The van der Waals surface area contributed by atoms with Crippen LogP contribution < -0.4 is 0 Å². The summed E-state index contributed by atoms with van der Waals surface area (Å²) in [4.78, 5) is 0. The van der Waals surface area contributed by atoms with Gasteiger partial charge < -0.3 is 9.47 Å². The lowest BCUT2D eigenvalue weighted by Gasteiger charge is -2.20. The maximum absolute atomic E-state index is 5.30. The van der Waals surface area contributed by atoms with Crippen molar-refractivity contribution >= 4 is 0 Å². The zero-order chi connectivity index (χ0) is 12.1. The SMILES string of the molecule is CCC1COCCO1.CCCc1cc2ccc1=2. The standard InChI is InChI=1S/C9H10.C6H12O2/c1-2-3-7-6-8-4-5-9(7)8;1-2-6-5-7-3-4-8-6/h4-6H,2-3H2,1H3;6H,2-5H2,1H3. The number of ether oxygens (including phenoxy) is 2. The summed E-state index contributed by atoms with van der Waals surface area (Å²) in [7, 11) is 0.